The topological polar surface area (TPSA) is 106 Å². The minimum atomic E-state index is -4.52. The van der Waals surface area contributed by atoms with E-state index in [0.717, 1.165) is 17.2 Å². The van der Waals surface area contributed by atoms with Crippen LogP contribution in [-0.2, 0) is 16.4 Å². The normalized spacial score (nSPS) is 17.9. The number of sulfone groups is 1. The van der Waals surface area contributed by atoms with Gasteiger partial charge in [-0.3, -0.25) is 9.18 Å². The molecule has 0 aliphatic carbocycles. The number of nitrogens with zero attached hydrogens (tertiary/aromatic N) is 3. The Morgan fingerprint density at radius 3 is 2.67 bits per heavy atom. The van der Waals surface area contributed by atoms with Gasteiger partial charge >= 0.3 is 6.18 Å². The second-order valence-corrected chi connectivity index (χ2v) is 12.2. The number of aromatic nitrogens is 2. The molecule has 4 rings (SSSR count). The summed E-state index contributed by atoms with van der Waals surface area (Å²) in [5.74, 6) is 5.04. The van der Waals surface area contributed by atoms with Crippen LogP contribution in [-0.4, -0.2) is 87.7 Å². The summed E-state index contributed by atoms with van der Waals surface area (Å²) in [5.41, 5.74) is 0.975. The van der Waals surface area contributed by atoms with E-state index in [9.17, 15) is 30.8 Å². The molecule has 226 valence electrons. The van der Waals surface area contributed by atoms with E-state index in [1.54, 1.807) is 0 Å². The summed E-state index contributed by atoms with van der Waals surface area (Å²) in [6.07, 6.45) is -1.88. The number of ether oxygens (including phenoxy) is 1. The second-order valence-electron chi connectivity index (χ2n) is 10.2. The van der Waals surface area contributed by atoms with Crippen LogP contribution in [0.1, 0.15) is 22.3 Å². The van der Waals surface area contributed by atoms with Crippen molar-refractivity contribution in [1.82, 2.24) is 19.8 Å². The molecule has 1 fully saturated rings. The van der Waals surface area contributed by atoms with Gasteiger partial charge in [-0.15, -0.1) is 0 Å². The number of piperidine rings is 1. The lowest BCUT2D eigenvalue weighted by atomic mass is 9.93. The molecule has 3 aromatic rings. The van der Waals surface area contributed by atoms with Crippen molar-refractivity contribution in [2.45, 2.75) is 30.1 Å². The van der Waals surface area contributed by atoms with Crippen molar-refractivity contribution in [3.05, 3.63) is 47.8 Å². The summed E-state index contributed by atoms with van der Waals surface area (Å²) >= 11 is 0. The number of benzene rings is 2. The molecule has 1 aliphatic heterocycles. The van der Waals surface area contributed by atoms with Crippen molar-refractivity contribution >= 4 is 32.5 Å². The van der Waals surface area contributed by atoms with E-state index in [2.05, 4.69) is 27.5 Å². The Labute approximate surface area is 241 Å². The van der Waals surface area contributed by atoms with E-state index in [-0.39, 0.29) is 39.4 Å². The van der Waals surface area contributed by atoms with Crippen LogP contribution in [0.4, 0.5) is 23.2 Å². The first kappa shape index (κ1) is 31.1. The molecule has 0 radical (unpaired) electrons. The molecule has 14 heteroatoms. The Morgan fingerprint density at radius 2 is 2.00 bits per heavy atom. The molecule has 2 N–H and O–H groups in total. The number of hydrogen-bond acceptors (Lipinski definition) is 7. The third-order valence-electron chi connectivity index (χ3n) is 6.97. The minimum absolute atomic E-state index is 0.0419. The number of likely N-dealkylation sites (tertiary alicyclic amines) is 1. The van der Waals surface area contributed by atoms with E-state index < -0.39 is 47.1 Å². The van der Waals surface area contributed by atoms with E-state index in [1.165, 1.54) is 37.4 Å². The van der Waals surface area contributed by atoms with Crippen molar-refractivity contribution in [3.8, 4) is 17.6 Å². The van der Waals surface area contributed by atoms with Gasteiger partial charge in [0.05, 0.1) is 48.3 Å². The molecule has 9 nitrogen and oxygen atoms in total. The van der Waals surface area contributed by atoms with E-state index >= 15 is 0 Å². The van der Waals surface area contributed by atoms with Crippen molar-refractivity contribution in [1.29, 1.82) is 0 Å². The van der Waals surface area contributed by atoms with Crippen LogP contribution in [0.2, 0.25) is 0 Å². The Morgan fingerprint density at radius 1 is 1.24 bits per heavy atom. The molecule has 0 saturated carbocycles. The zero-order valence-electron chi connectivity index (χ0n) is 23.3. The number of hydrogen-bond donors (Lipinski definition) is 2. The number of halogens is 4. The molecule has 2 heterocycles. The van der Waals surface area contributed by atoms with Gasteiger partial charge in [-0.1, -0.05) is 11.8 Å². The number of carbonyl (C=O) groups is 1. The van der Waals surface area contributed by atoms with Crippen LogP contribution in [0.15, 0.2) is 41.6 Å². The molecule has 0 spiro atoms. The van der Waals surface area contributed by atoms with E-state index in [4.69, 9.17) is 4.74 Å². The lowest BCUT2D eigenvalue weighted by molar-refractivity contribution is -0.139. The molecular weight excluding hydrogens is 578 g/mol. The lowest BCUT2D eigenvalue weighted by Crippen LogP contribution is -2.50. The smallest absolute Gasteiger partial charge is 0.406 e. The largest absolute Gasteiger partial charge is 0.495 e. The predicted octanol–water partition coefficient (Wildman–Crippen LogP) is 3.49. The summed E-state index contributed by atoms with van der Waals surface area (Å²) < 4.78 is 83.2. The number of fused-ring (bicyclic) bond motifs is 1. The fourth-order valence-corrected chi connectivity index (χ4v) is 5.50. The zero-order chi connectivity index (χ0) is 30.7. The Hall–Kier alpha value is -3.83. The maximum atomic E-state index is 13.7. The van der Waals surface area contributed by atoms with E-state index in [0.29, 0.717) is 25.2 Å². The SMILES string of the molecule is COc1cc(S(C)(=O)=O)ccc1NCC#Cc1cc(C(=O)NC2CCN(C)CC2CF)c2ncn(CC(F)(F)F)c2c1. The highest BCUT2D eigenvalue weighted by molar-refractivity contribution is 7.90. The molecule has 1 amide bonds. The Bertz CT molecular complexity index is 1630. The first-order valence-corrected chi connectivity index (χ1v) is 14.9. The van der Waals surface area contributed by atoms with Gasteiger partial charge in [-0.25, -0.2) is 13.4 Å². The van der Waals surface area contributed by atoms with Gasteiger partial charge in [0.15, 0.2) is 9.84 Å². The van der Waals surface area contributed by atoms with E-state index in [1.807, 2.05) is 11.9 Å². The standard InChI is InChI=1S/C28H31F4N5O4S/c1-36-10-8-22(19(14-29)15-36)35-27(38)21-11-18(12-24-26(21)34-17-37(24)16-28(30,31)32)5-4-9-33-23-7-6-20(42(3,39)40)13-25(23)41-2/h6-7,11-13,17,19,22,33H,8-10,14-16H2,1-3H3,(H,35,38). The highest BCUT2D eigenvalue weighted by Gasteiger charge is 2.31. The van der Waals surface area contributed by atoms with Crippen molar-refractivity contribution in [2.24, 2.45) is 5.92 Å². The summed E-state index contributed by atoms with van der Waals surface area (Å²) in [6.45, 7) is -0.714. The molecule has 1 aliphatic rings. The van der Waals surface area contributed by atoms with Gasteiger partial charge < -0.3 is 24.8 Å². The van der Waals surface area contributed by atoms with Crippen LogP contribution >= 0.6 is 0 Å². The Kier molecular flexibility index (Phi) is 9.32. The van der Waals surface area contributed by atoms with Crippen LogP contribution in [0, 0.1) is 17.8 Å². The number of rotatable bonds is 8. The summed E-state index contributed by atoms with van der Waals surface area (Å²) in [6, 6.07) is 6.79. The summed E-state index contributed by atoms with van der Waals surface area (Å²) in [5, 5.41) is 5.87. The predicted molar refractivity (Wildman–Crippen MR) is 150 cm³/mol. The third-order valence-corrected chi connectivity index (χ3v) is 8.08. The lowest BCUT2D eigenvalue weighted by Gasteiger charge is -2.35. The molecule has 1 aromatic heterocycles. The molecule has 42 heavy (non-hydrogen) atoms. The van der Waals surface area contributed by atoms with Gasteiger partial charge in [0.25, 0.3) is 5.91 Å². The zero-order valence-corrected chi connectivity index (χ0v) is 24.1. The average molecular weight is 610 g/mol. The van der Waals surface area contributed by atoms with Crippen LogP contribution in [0.3, 0.4) is 0 Å². The Balaban J connectivity index is 1.62. The highest BCUT2D eigenvalue weighted by atomic mass is 32.2. The van der Waals surface area contributed by atoms with Crippen LogP contribution in [0.5, 0.6) is 5.75 Å². The minimum Gasteiger partial charge on any atom is -0.495 e. The summed E-state index contributed by atoms with van der Waals surface area (Å²) in [4.78, 5) is 19.5. The maximum absolute atomic E-state index is 13.7. The fraction of sp³-hybridized carbons (Fsp3) is 0.429. The maximum Gasteiger partial charge on any atom is 0.406 e. The highest BCUT2D eigenvalue weighted by Crippen LogP contribution is 2.28. The molecular formula is C28H31F4N5O4S. The fourth-order valence-electron chi connectivity index (χ4n) is 4.87. The van der Waals surface area contributed by atoms with Gasteiger partial charge in [0.2, 0.25) is 0 Å². The number of alkyl halides is 4. The molecule has 0 bridgehead atoms. The average Bonchev–Trinajstić information content (AvgIpc) is 3.31. The van der Waals surface area contributed by atoms with Gasteiger partial charge in [-0.2, -0.15) is 13.2 Å². The van der Waals surface area contributed by atoms with Crippen molar-refractivity contribution in [3.63, 3.8) is 0 Å². The monoisotopic (exact) mass is 609 g/mol. The van der Waals surface area contributed by atoms with Crippen molar-refractivity contribution in [2.75, 3.05) is 52.0 Å². The summed E-state index contributed by atoms with van der Waals surface area (Å²) in [7, 11) is -0.171. The van der Waals surface area contributed by atoms with Crippen molar-refractivity contribution < 1.29 is 35.5 Å². The number of carbonyl (C=O) groups excluding carboxylic acids is 1. The third kappa shape index (κ3) is 7.51. The van der Waals surface area contributed by atoms with Gasteiger partial charge in [0, 0.05) is 36.4 Å². The second kappa shape index (κ2) is 12.6. The quantitative estimate of drug-likeness (QED) is 0.298. The molecule has 2 aromatic carbocycles. The number of methoxy groups -OCH3 is 1. The number of imidazole rings is 1. The van der Waals surface area contributed by atoms with Crippen LogP contribution in [0.25, 0.3) is 11.0 Å². The molecule has 2 unspecified atom stereocenters. The molecule has 1 saturated heterocycles. The molecule has 2 atom stereocenters. The number of nitrogens with one attached hydrogen (secondary N) is 2. The first-order valence-electron chi connectivity index (χ1n) is 13.0. The first-order chi connectivity index (χ1) is 19.8. The van der Waals surface area contributed by atoms with Gasteiger partial charge in [0.1, 0.15) is 17.8 Å². The number of anilines is 1. The van der Waals surface area contributed by atoms with Gasteiger partial charge in [-0.05, 0) is 44.3 Å². The van der Waals surface area contributed by atoms with Crippen LogP contribution < -0.4 is 15.4 Å². The number of amides is 1.